The molecule has 2 heterocycles. The summed E-state index contributed by atoms with van der Waals surface area (Å²) in [7, 11) is 0. The van der Waals surface area contributed by atoms with Crippen molar-refractivity contribution in [3.8, 4) is 5.88 Å². The summed E-state index contributed by atoms with van der Waals surface area (Å²) in [6.45, 7) is 2.05. The van der Waals surface area contributed by atoms with Gasteiger partial charge >= 0.3 is 6.18 Å². The number of ether oxygens (including phenoxy) is 2. The minimum Gasteiger partial charge on any atom is -0.475 e. The van der Waals surface area contributed by atoms with E-state index in [1.54, 1.807) is 0 Å². The van der Waals surface area contributed by atoms with Crippen molar-refractivity contribution in [3.05, 3.63) is 22.8 Å². The topological polar surface area (TPSA) is 72.5 Å². The van der Waals surface area contributed by atoms with Crippen molar-refractivity contribution in [3.63, 3.8) is 0 Å². The first-order valence-corrected chi connectivity index (χ1v) is 7.67. The first kappa shape index (κ1) is 18.8. The van der Waals surface area contributed by atoms with Crippen LogP contribution in [0.4, 0.5) is 13.2 Å². The zero-order valence-corrected chi connectivity index (χ0v) is 13.4. The second-order valence-corrected chi connectivity index (χ2v) is 5.54. The average molecular weight is 368 g/mol. The van der Waals surface area contributed by atoms with Crippen LogP contribution in [0.2, 0.25) is 5.02 Å². The quantitative estimate of drug-likeness (QED) is 0.748. The lowest BCUT2D eigenvalue weighted by Gasteiger charge is -2.23. The number of hydrogen-bond acceptors (Lipinski definition) is 5. The van der Waals surface area contributed by atoms with E-state index in [2.05, 4.69) is 15.6 Å². The van der Waals surface area contributed by atoms with E-state index in [-0.39, 0.29) is 42.4 Å². The molecule has 0 bridgehead atoms. The number of nitrogens with zero attached hydrogens (tertiary/aromatic N) is 1. The molecule has 0 aliphatic carbocycles. The predicted molar refractivity (Wildman–Crippen MR) is 80.0 cm³/mol. The number of carbonyl (C=O) groups excluding carboxylic acids is 1. The van der Waals surface area contributed by atoms with Gasteiger partial charge in [0.1, 0.15) is 11.6 Å². The number of alkyl halides is 3. The number of morpholine rings is 1. The maximum atomic E-state index is 12.5. The minimum atomic E-state index is -4.51. The molecule has 10 heteroatoms. The average Bonchev–Trinajstić information content (AvgIpc) is 2.52. The molecule has 1 amide bonds. The van der Waals surface area contributed by atoms with Gasteiger partial charge in [0.05, 0.1) is 25.3 Å². The highest BCUT2D eigenvalue weighted by Gasteiger charge is 2.31. The molecule has 0 radical (unpaired) electrons. The molecule has 134 valence electrons. The number of nitrogens with one attached hydrogen (secondary N) is 2. The van der Waals surface area contributed by atoms with E-state index in [0.717, 1.165) is 6.07 Å². The van der Waals surface area contributed by atoms with E-state index in [9.17, 15) is 18.0 Å². The second-order valence-electron chi connectivity index (χ2n) is 5.14. The van der Waals surface area contributed by atoms with Gasteiger partial charge < -0.3 is 20.1 Å². The fraction of sp³-hybridized carbons (Fsp3) is 0.571. The SMILES string of the molecule is O=C(CC1COCCN1)NCCOc1ncc(C(F)(F)F)cc1Cl. The van der Waals surface area contributed by atoms with Crippen LogP contribution in [0.5, 0.6) is 5.88 Å². The highest BCUT2D eigenvalue weighted by molar-refractivity contribution is 6.31. The van der Waals surface area contributed by atoms with Crippen LogP contribution in [0.1, 0.15) is 12.0 Å². The minimum absolute atomic E-state index is 0.0225. The van der Waals surface area contributed by atoms with E-state index >= 15 is 0 Å². The summed E-state index contributed by atoms with van der Waals surface area (Å²) in [4.78, 5) is 15.3. The van der Waals surface area contributed by atoms with Crippen molar-refractivity contribution in [1.29, 1.82) is 0 Å². The molecule has 1 aromatic rings. The molecule has 0 aromatic carbocycles. The van der Waals surface area contributed by atoms with Crippen molar-refractivity contribution < 1.29 is 27.4 Å². The van der Waals surface area contributed by atoms with Gasteiger partial charge in [0.2, 0.25) is 11.8 Å². The Balaban J connectivity index is 1.71. The van der Waals surface area contributed by atoms with Gasteiger partial charge in [-0.05, 0) is 6.07 Å². The van der Waals surface area contributed by atoms with Gasteiger partial charge in [-0.15, -0.1) is 0 Å². The molecule has 2 rings (SSSR count). The molecule has 1 aliphatic heterocycles. The molecule has 24 heavy (non-hydrogen) atoms. The summed E-state index contributed by atoms with van der Waals surface area (Å²) in [5.41, 5.74) is -0.949. The van der Waals surface area contributed by atoms with Crippen LogP contribution in [0.15, 0.2) is 12.3 Å². The maximum absolute atomic E-state index is 12.5. The zero-order chi connectivity index (χ0) is 17.6. The molecule has 1 atom stereocenters. The Hall–Kier alpha value is -1.58. The molecule has 0 spiro atoms. The number of halogens is 4. The fourth-order valence-electron chi connectivity index (χ4n) is 2.07. The summed E-state index contributed by atoms with van der Waals surface area (Å²) in [6, 6.07) is 0.725. The van der Waals surface area contributed by atoms with Crippen molar-refractivity contribution in [1.82, 2.24) is 15.6 Å². The maximum Gasteiger partial charge on any atom is 0.417 e. The highest BCUT2D eigenvalue weighted by atomic mass is 35.5. The molecule has 1 fully saturated rings. The van der Waals surface area contributed by atoms with Gasteiger partial charge in [-0.3, -0.25) is 4.79 Å². The Kier molecular flexibility index (Phi) is 6.64. The van der Waals surface area contributed by atoms with Crippen LogP contribution < -0.4 is 15.4 Å². The standard InChI is InChI=1S/C14H17ClF3N3O3/c15-11-5-9(14(16,17)18)7-21-13(11)24-4-2-20-12(22)6-10-8-23-3-1-19-10/h5,7,10,19H,1-4,6,8H2,(H,20,22). The molecule has 6 nitrogen and oxygen atoms in total. The normalized spacial score (nSPS) is 18.2. The monoisotopic (exact) mass is 367 g/mol. The zero-order valence-electron chi connectivity index (χ0n) is 12.7. The number of carbonyl (C=O) groups is 1. The van der Waals surface area contributed by atoms with Crippen molar-refractivity contribution >= 4 is 17.5 Å². The predicted octanol–water partition coefficient (Wildman–Crippen LogP) is 1.63. The first-order valence-electron chi connectivity index (χ1n) is 7.29. The van der Waals surface area contributed by atoms with E-state index in [0.29, 0.717) is 26.0 Å². The number of amides is 1. The van der Waals surface area contributed by atoms with Crippen LogP contribution in [-0.2, 0) is 15.7 Å². The Labute approximate surface area is 141 Å². The molecule has 1 aliphatic rings. The molecule has 0 saturated carbocycles. The van der Waals surface area contributed by atoms with Crippen LogP contribution in [0.3, 0.4) is 0 Å². The van der Waals surface area contributed by atoms with E-state index < -0.39 is 11.7 Å². The van der Waals surface area contributed by atoms with Gasteiger partial charge in [-0.1, -0.05) is 11.6 Å². The Morgan fingerprint density at radius 3 is 2.96 bits per heavy atom. The third-order valence-corrected chi connectivity index (χ3v) is 3.50. The summed E-state index contributed by atoms with van der Waals surface area (Å²) in [5.74, 6) is -0.283. The molecule has 1 unspecified atom stereocenters. The van der Waals surface area contributed by atoms with E-state index in [1.165, 1.54) is 0 Å². The van der Waals surface area contributed by atoms with Crippen LogP contribution in [0, 0.1) is 0 Å². The Morgan fingerprint density at radius 1 is 1.54 bits per heavy atom. The van der Waals surface area contributed by atoms with Crippen LogP contribution >= 0.6 is 11.6 Å². The lowest BCUT2D eigenvalue weighted by atomic mass is 10.2. The third-order valence-electron chi connectivity index (χ3n) is 3.23. The molecule has 1 saturated heterocycles. The fourth-order valence-corrected chi connectivity index (χ4v) is 2.29. The van der Waals surface area contributed by atoms with E-state index in [4.69, 9.17) is 21.1 Å². The molecule has 1 aromatic heterocycles. The Morgan fingerprint density at radius 2 is 2.33 bits per heavy atom. The van der Waals surface area contributed by atoms with Crippen molar-refractivity contribution in [2.45, 2.75) is 18.6 Å². The Bertz CT molecular complexity index is 566. The van der Waals surface area contributed by atoms with Gasteiger partial charge in [0.25, 0.3) is 0 Å². The smallest absolute Gasteiger partial charge is 0.417 e. The first-order chi connectivity index (χ1) is 11.4. The van der Waals surface area contributed by atoms with Gasteiger partial charge in [0.15, 0.2) is 0 Å². The van der Waals surface area contributed by atoms with Gasteiger partial charge in [-0.25, -0.2) is 4.98 Å². The van der Waals surface area contributed by atoms with Crippen molar-refractivity contribution in [2.75, 3.05) is 32.9 Å². The van der Waals surface area contributed by atoms with Gasteiger partial charge in [-0.2, -0.15) is 13.2 Å². The van der Waals surface area contributed by atoms with Crippen molar-refractivity contribution in [2.24, 2.45) is 0 Å². The molecule has 2 N–H and O–H groups in total. The molecular formula is C14H17ClF3N3O3. The summed E-state index contributed by atoms with van der Waals surface area (Å²) < 4.78 is 47.9. The number of pyridine rings is 1. The lowest BCUT2D eigenvalue weighted by Crippen LogP contribution is -2.44. The summed E-state index contributed by atoms with van der Waals surface area (Å²) >= 11 is 5.71. The third kappa shape index (κ3) is 5.81. The highest BCUT2D eigenvalue weighted by Crippen LogP contribution is 2.32. The summed E-state index contributed by atoms with van der Waals surface area (Å²) in [6.07, 6.45) is -3.59. The second kappa shape index (κ2) is 8.50. The van der Waals surface area contributed by atoms with Gasteiger partial charge in [0, 0.05) is 25.2 Å². The molecular weight excluding hydrogens is 351 g/mol. The van der Waals surface area contributed by atoms with Crippen LogP contribution in [-0.4, -0.2) is 49.8 Å². The number of rotatable bonds is 6. The summed E-state index contributed by atoms with van der Waals surface area (Å²) in [5, 5.41) is 5.56. The number of hydrogen-bond donors (Lipinski definition) is 2. The van der Waals surface area contributed by atoms with Crippen LogP contribution in [0.25, 0.3) is 0 Å². The van der Waals surface area contributed by atoms with E-state index in [1.807, 2.05) is 0 Å². The largest absolute Gasteiger partial charge is 0.475 e. The number of aromatic nitrogens is 1. The lowest BCUT2D eigenvalue weighted by molar-refractivity contribution is -0.137.